The third-order valence-electron chi connectivity index (χ3n) is 2.77. The van der Waals surface area contributed by atoms with E-state index in [0.717, 1.165) is 0 Å². The minimum absolute atomic E-state index is 0.0695. The Morgan fingerprint density at radius 2 is 2.31 bits per heavy atom. The molecule has 0 saturated carbocycles. The van der Waals surface area contributed by atoms with Gasteiger partial charge in [0.2, 0.25) is 0 Å². The lowest BCUT2D eigenvalue weighted by atomic mass is 9.96. The third kappa shape index (κ3) is 2.32. The van der Waals surface area contributed by atoms with Gasteiger partial charge >= 0.3 is 0 Å². The minimum atomic E-state index is -0.194. The monoisotopic (exact) mass is 221 g/mol. The Morgan fingerprint density at radius 1 is 1.50 bits per heavy atom. The summed E-state index contributed by atoms with van der Waals surface area (Å²) < 4.78 is 18.9. The van der Waals surface area contributed by atoms with Gasteiger partial charge in [0, 0.05) is 10.8 Å². The normalized spacial score (nSPS) is 24.1. The fourth-order valence-corrected chi connectivity index (χ4v) is 1.98. The van der Waals surface area contributed by atoms with Crippen LogP contribution in [0.1, 0.15) is 17.9 Å². The summed E-state index contributed by atoms with van der Waals surface area (Å²) >= 11 is 0. The van der Waals surface area contributed by atoms with Crippen molar-refractivity contribution < 1.29 is 9.13 Å². The van der Waals surface area contributed by atoms with Crippen molar-refractivity contribution in [1.29, 1.82) is 0 Å². The molecule has 0 N–H and O–H groups in total. The Bertz CT molecular complexity index is 417. The maximum atomic E-state index is 13.5. The summed E-state index contributed by atoms with van der Waals surface area (Å²) in [5, 5.41) is 3.47. The van der Waals surface area contributed by atoms with Crippen LogP contribution in [-0.2, 0) is 4.74 Å². The van der Waals surface area contributed by atoms with Gasteiger partial charge in [0.05, 0.1) is 19.3 Å². The minimum Gasteiger partial charge on any atom is -0.377 e. The van der Waals surface area contributed by atoms with Crippen LogP contribution in [0.25, 0.3) is 10.4 Å². The van der Waals surface area contributed by atoms with Crippen LogP contribution < -0.4 is 0 Å². The predicted molar refractivity (Wildman–Crippen MR) is 57.5 cm³/mol. The Balaban J connectivity index is 2.03. The van der Waals surface area contributed by atoms with E-state index in [9.17, 15) is 4.39 Å². The molecule has 2 atom stereocenters. The van der Waals surface area contributed by atoms with Gasteiger partial charge in [0.15, 0.2) is 0 Å². The molecular formula is C11H12FN3O. The molecule has 2 rings (SSSR count). The molecule has 0 radical (unpaired) electrons. The van der Waals surface area contributed by atoms with Gasteiger partial charge in [-0.2, -0.15) is 0 Å². The van der Waals surface area contributed by atoms with Crippen molar-refractivity contribution in [2.75, 3.05) is 13.2 Å². The summed E-state index contributed by atoms with van der Waals surface area (Å²) in [6, 6.07) is 6.72. The molecule has 1 saturated heterocycles. The van der Waals surface area contributed by atoms with Crippen molar-refractivity contribution in [3.63, 3.8) is 0 Å². The second kappa shape index (κ2) is 4.96. The molecule has 1 heterocycles. The van der Waals surface area contributed by atoms with E-state index in [1.54, 1.807) is 12.1 Å². The number of rotatable bonds is 3. The zero-order valence-electron chi connectivity index (χ0n) is 8.71. The van der Waals surface area contributed by atoms with Crippen LogP contribution in [0.15, 0.2) is 29.4 Å². The van der Waals surface area contributed by atoms with Gasteiger partial charge in [0.25, 0.3) is 0 Å². The maximum Gasteiger partial charge on any atom is 0.126 e. The highest BCUT2D eigenvalue weighted by atomic mass is 19.1. The molecule has 0 amide bonds. The van der Waals surface area contributed by atoms with Crippen LogP contribution in [-0.4, -0.2) is 19.3 Å². The van der Waals surface area contributed by atoms with Crippen molar-refractivity contribution in [3.05, 3.63) is 46.1 Å². The quantitative estimate of drug-likeness (QED) is 0.439. The number of halogens is 1. The summed E-state index contributed by atoms with van der Waals surface area (Å²) in [6.07, 6.45) is 0.625. The molecule has 4 nitrogen and oxygen atoms in total. The van der Waals surface area contributed by atoms with Crippen LogP contribution in [0.2, 0.25) is 0 Å². The molecule has 5 heteroatoms. The summed E-state index contributed by atoms with van der Waals surface area (Å²) in [5.74, 6) is -0.124. The maximum absolute atomic E-state index is 13.5. The molecule has 0 bridgehead atoms. The van der Waals surface area contributed by atoms with E-state index < -0.39 is 0 Å². The molecule has 1 aliphatic rings. The Kier molecular flexibility index (Phi) is 3.39. The van der Waals surface area contributed by atoms with Crippen LogP contribution in [0.5, 0.6) is 0 Å². The van der Waals surface area contributed by atoms with Crippen LogP contribution >= 0.6 is 0 Å². The van der Waals surface area contributed by atoms with Crippen LogP contribution in [0.4, 0.5) is 4.39 Å². The van der Waals surface area contributed by atoms with Gasteiger partial charge < -0.3 is 4.74 Å². The van der Waals surface area contributed by atoms with Gasteiger partial charge in [0.1, 0.15) is 5.82 Å². The first-order chi connectivity index (χ1) is 7.81. The molecular weight excluding hydrogens is 209 g/mol. The molecule has 16 heavy (non-hydrogen) atoms. The molecule has 1 aliphatic heterocycles. The molecule has 0 aromatic heterocycles. The Morgan fingerprint density at radius 3 is 3.06 bits per heavy atom. The zero-order valence-corrected chi connectivity index (χ0v) is 8.71. The summed E-state index contributed by atoms with van der Waals surface area (Å²) in [5.41, 5.74) is 8.88. The number of hydrogen-bond donors (Lipinski definition) is 0. The smallest absolute Gasteiger partial charge is 0.126 e. The topological polar surface area (TPSA) is 58.0 Å². The lowest BCUT2D eigenvalue weighted by Crippen LogP contribution is -2.08. The van der Waals surface area contributed by atoms with Crippen molar-refractivity contribution in [3.8, 4) is 0 Å². The fraction of sp³-hybridized carbons (Fsp3) is 0.455. The van der Waals surface area contributed by atoms with Gasteiger partial charge in [-0.25, -0.2) is 4.39 Å². The lowest BCUT2D eigenvalue weighted by Gasteiger charge is -2.08. The number of ether oxygens (including phenoxy) is 1. The van der Waals surface area contributed by atoms with E-state index in [0.29, 0.717) is 25.1 Å². The molecule has 0 spiro atoms. The van der Waals surface area contributed by atoms with Crippen molar-refractivity contribution in [2.45, 2.75) is 18.4 Å². The van der Waals surface area contributed by atoms with Crippen LogP contribution in [0, 0.1) is 5.82 Å². The molecule has 1 aromatic carbocycles. The summed E-state index contributed by atoms with van der Waals surface area (Å²) in [6.45, 7) is 0.813. The van der Waals surface area contributed by atoms with E-state index in [1.165, 1.54) is 6.07 Å². The average Bonchev–Trinajstić information content (AvgIpc) is 2.75. The average molecular weight is 221 g/mol. The lowest BCUT2D eigenvalue weighted by molar-refractivity contribution is 0.115. The summed E-state index contributed by atoms with van der Waals surface area (Å²) in [7, 11) is 0. The van der Waals surface area contributed by atoms with E-state index in [-0.39, 0.29) is 17.8 Å². The Hall–Kier alpha value is -1.58. The predicted octanol–water partition coefficient (Wildman–Crippen LogP) is 3.01. The Labute approximate surface area is 92.7 Å². The fourth-order valence-electron chi connectivity index (χ4n) is 1.98. The molecule has 1 fully saturated rings. The van der Waals surface area contributed by atoms with E-state index in [2.05, 4.69) is 10.0 Å². The molecule has 84 valence electrons. The van der Waals surface area contributed by atoms with Crippen molar-refractivity contribution in [1.82, 2.24) is 0 Å². The third-order valence-corrected chi connectivity index (χ3v) is 2.77. The molecule has 0 unspecified atom stereocenters. The van der Waals surface area contributed by atoms with E-state index in [4.69, 9.17) is 10.3 Å². The highest BCUT2D eigenvalue weighted by molar-refractivity contribution is 5.22. The second-order valence-electron chi connectivity index (χ2n) is 3.82. The van der Waals surface area contributed by atoms with Gasteiger partial charge in [-0.3, -0.25) is 0 Å². The SMILES string of the molecule is [N-]=[N+]=NC[C@@H]1C[C@H](c2ccccc2F)CO1. The first-order valence-electron chi connectivity index (χ1n) is 5.18. The first kappa shape index (κ1) is 10.9. The largest absolute Gasteiger partial charge is 0.377 e. The zero-order chi connectivity index (χ0) is 11.4. The van der Waals surface area contributed by atoms with Gasteiger partial charge in [-0.05, 0) is 23.6 Å². The number of nitrogens with zero attached hydrogens (tertiary/aromatic N) is 3. The number of azide groups is 1. The first-order valence-corrected chi connectivity index (χ1v) is 5.18. The van der Waals surface area contributed by atoms with E-state index >= 15 is 0 Å². The standard InChI is InChI=1S/C11H12FN3O/c12-11-4-2-1-3-10(11)8-5-9(16-7-8)6-14-15-13/h1-4,8-9H,5-7H2/t8-,9-/m0/s1. The van der Waals surface area contributed by atoms with Crippen molar-refractivity contribution in [2.24, 2.45) is 5.11 Å². The van der Waals surface area contributed by atoms with Gasteiger partial charge in [-0.15, -0.1) is 0 Å². The highest BCUT2D eigenvalue weighted by Gasteiger charge is 2.27. The van der Waals surface area contributed by atoms with Crippen molar-refractivity contribution >= 4 is 0 Å². The number of benzene rings is 1. The van der Waals surface area contributed by atoms with Gasteiger partial charge in [-0.1, -0.05) is 23.3 Å². The van der Waals surface area contributed by atoms with Crippen LogP contribution in [0.3, 0.4) is 0 Å². The number of hydrogen-bond acceptors (Lipinski definition) is 2. The molecule has 1 aromatic rings. The summed E-state index contributed by atoms with van der Waals surface area (Å²) in [4.78, 5) is 2.69. The highest BCUT2D eigenvalue weighted by Crippen LogP contribution is 2.30. The molecule has 0 aliphatic carbocycles. The van der Waals surface area contributed by atoms with E-state index in [1.807, 2.05) is 6.07 Å². The second-order valence-corrected chi connectivity index (χ2v) is 3.82.